The van der Waals surface area contributed by atoms with Gasteiger partial charge in [-0.1, -0.05) is 12.8 Å². The van der Waals surface area contributed by atoms with E-state index in [1.165, 1.54) is 0 Å². The Hall–Kier alpha value is 0.210. The molecular formula is C6H28N4O8P4. The molecule has 0 unspecified atom stereocenters. The number of rotatable bonds is 0. The first-order chi connectivity index (χ1) is 8.45. The first-order valence-corrected chi connectivity index (χ1v) is 8.78. The average Bonchev–Trinajstić information content (AvgIpc) is 2.45. The average molecular weight is 408 g/mol. The van der Waals surface area contributed by atoms with Crippen molar-refractivity contribution in [1.29, 1.82) is 0 Å². The van der Waals surface area contributed by atoms with Gasteiger partial charge in [0.2, 0.25) is 0 Å². The van der Waals surface area contributed by atoms with Crippen LogP contribution in [0.15, 0.2) is 0 Å². The van der Waals surface area contributed by atoms with Crippen molar-refractivity contribution in [2.45, 2.75) is 25.7 Å². The van der Waals surface area contributed by atoms with Crippen LogP contribution in [0.3, 0.4) is 0 Å². The molecule has 12 nitrogen and oxygen atoms in total. The van der Waals surface area contributed by atoms with Crippen LogP contribution in [0.1, 0.15) is 25.7 Å². The Kier molecular flexibility index (Phi) is 73.5. The van der Waals surface area contributed by atoms with Crippen LogP contribution in [-0.2, 0) is 18.3 Å². The number of hydrogen-bond acceptors (Lipinski definition) is 8. The van der Waals surface area contributed by atoms with Gasteiger partial charge < -0.3 is 48.7 Å². The van der Waals surface area contributed by atoms with Crippen LogP contribution in [0.5, 0.6) is 0 Å². The molecule has 0 atom stereocenters. The lowest BCUT2D eigenvalue weighted by molar-refractivity contribution is -0.175. The molecule has 1 fully saturated rings. The Morgan fingerprint density at radius 1 is 0.636 bits per heavy atom. The minimum absolute atomic E-state index is 0. The van der Waals surface area contributed by atoms with Gasteiger partial charge in [-0.3, -0.25) is 13.7 Å². The Balaban J connectivity index is -0.0000000302. The normalized spacial score (nSPS) is 14.0. The Morgan fingerprint density at radius 2 is 0.818 bits per heavy atom. The van der Waals surface area contributed by atoms with Gasteiger partial charge in [-0.15, -0.1) is 0 Å². The SMILES string of the molecule is O=P1([O-])CCCCCC1.O=P[O-].O=P[O-].O=P[O-].[NH4+].[NH4+].[NH4+].[NH4+]. The highest BCUT2D eigenvalue weighted by Crippen LogP contribution is 2.40. The van der Waals surface area contributed by atoms with Crippen LogP contribution in [0, 0.1) is 0 Å². The summed E-state index contributed by atoms with van der Waals surface area (Å²) < 4.78 is 35.9. The lowest BCUT2D eigenvalue weighted by Gasteiger charge is -2.19. The second-order valence-electron chi connectivity index (χ2n) is 2.90. The van der Waals surface area contributed by atoms with Crippen LogP contribution in [0.4, 0.5) is 0 Å². The van der Waals surface area contributed by atoms with Crippen LogP contribution < -0.4 is 44.2 Å². The minimum Gasteiger partial charge on any atom is -0.799 e. The third-order valence-electron chi connectivity index (χ3n) is 1.75. The largest absolute Gasteiger partial charge is 0.799 e. The van der Waals surface area contributed by atoms with Crippen molar-refractivity contribution in [3.8, 4) is 0 Å². The lowest BCUT2D eigenvalue weighted by atomic mass is 10.2. The first kappa shape index (κ1) is 43.2. The zero-order chi connectivity index (χ0) is 14.9. The van der Waals surface area contributed by atoms with Gasteiger partial charge in [0, 0.05) is 7.37 Å². The van der Waals surface area contributed by atoms with E-state index in [9.17, 15) is 9.46 Å². The predicted molar refractivity (Wildman–Crippen MR) is 82.6 cm³/mol. The molecule has 0 aromatic carbocycles. The van der Waals surface area contributed by atoms with Crippen molar-refractivity contribution in [2.75, 3.05) is 12.3 Å². The fourth-order valence-corrected chi connectivity index (χ4v) is 2.81. The summed E-state index contributed by atoms with van der Waals surface area (Å²) in [5.74, 6) is 0. The van der Waals surface area contributed by atoms with Crippen LogP contribution in [-0.4, -0.2) is 12.3 Å². The summed E-state index contributed by atoms with van der Waals surface area (Å²) in [5, 5.41) is 0. The molecule has 0 aromatic heterocycles. The molecule has 22 heavy (non-hydrogen) atoms. The van der Waals surface area contributed by atoms with Crippen molar-refractivity contribution in [3.05, 3.63) is 0 Å². The molecule has 0 spiro atoms. The van der Waals surface area contributed by atoms with Crippen LogP contribution in [0.2, 0.25) is 0 Å². The molecule has 140 valence electrons. The van der Waals surface area contributed by atoms with Gasteiger partial charge in [0.15, 0.2) is 0 Å². The molecule has 16 N–H and O–H groups in total. The summed E-state index contributed by atoms with van der Waals surface area (Å²) in [4.78, 5) is 35.9. The smallest absolute Gasteiger partial charge is 0.0642 e. The molecule has 1 rings (SSSR count). The zero-order valence-corrected chi connectivity index (χ0v) is 16.9. The van der Waals surface area contributed by atoms with Gasteiger partial charge in [-0.25, -0.2) is 0 Å². The molecule has 16 heteroatoms. The maximum atomic E-state index is 10.9. The van der Waals surface area contributed by atoms with E-state index < -0.39 is 33.4 Å². The molecule has 1 saturated heterocycles. The van der Waals surface area contributed by atoms with Crippen LogP contribution in [0.25, 0.3) is 0 Å². The summed E-state index contributed by atoms with van der Waals surface area (Å²) in [5.41, 5.74) is 0. The van der Waals surface area contributed by atoms with Crippen molar-refractivity contribution in [2.24, 2.45) is 0 Å². The topological polar surface area (TPSA) is 307 Å². The quantitative estimate of drug-likeness (QED) is 0.423. The van der Waals surface area contributed by atoms with Crippen molar-refractivity contribution in [3.63, 3.8) is 0 Å². The first-order valence-electron chi connectivity index (χ1n) is 4.59. The fraction of sp³-hybridized carbons (Fsp3) is 1.00. The third kappa shape index (κ3) is 59.3. The molecule has 0 bridgehead atoms. The maximum absolute atomic E-state index is 10.9. The molecule has 1 aliphatic heterocycles. The van der Waals surface area contributed by atoms with Crippen molar-refractivity contribution < 1.29 is 37.8 Å². The second kappa shape index (κ2) is 37.4. The van der Waals surface area contributed by atoms with Crippen LogP contribution >= 0.6 is 33.4 Å². The molecule has 0 radical (unpaired) electrons. The van der Waals surface area contributed by atoms with E-state index in [0.717, 1.165) is 25.7 Å². The molecular weight excluding hydrogens is 380 g/mol. The van der Waals surface area contributed by atoms with E-state index in [1.54, 1.807) is 0 Å². The molecule has 0 aliphatic carbocycles. The maximum Gasteiger partial charge on any atom is 0.0642 e. The van der Waals surface area contributed by atoms with E-state index in [0.29, 0.717) is 12.3 Å². The van der Waals surface area contributed by atoms with Gasteiger partial charge >= 0.3 is 0 Å². The summed E-state index contributed by atoms with van der Waals surface area (Å²) in [6.07, 6.45) is 4.89. The van der Waals surface area contributed by atoms with Crippen molar-refractivity contribution in [1.82, 2.24) is 24.6 Å². The van der Waals surface area contributed by atoms with E-state index in [1.807, 2.05) is 0 Å². The molecule has 0 amide bonds. The van der Waals surface area contributed by atoms with Gasteiger partial charge in [0.1, 0.15) is 0 Å². The fourth-order valence-electron chi connectivity index (χ4n) is 1.17. The second-order valence-corrected chi connectivity index (χ2v) is 5.87. The van der Waals surface area contributed by atoms with E-state index in [2.05, 4.69) is 0 Å². The number of hydrogen-bond donors (Lipinski definition) is 4. The third-order valence-corrected chi connectivity index (χ3v) is 3.74. The molecule has 0 saturated carbocycles. The van der Waals surface area contributed by atoms with Gasteiger partial charge in [-0.05, 0) is 25.2 Å². The Bertz CT molecular complexity index is 237. The van der Waals surface area contributed by atoms with Gasteiger partial charge in [0.25, 0.3) is 0 Å². The number of quaternary nitrogens is 4. The summed E-state index contributed by atoms with van der Waals surface area (Å²) in [7, 11) is -6.13. The lowest BCUT2D eigenvalue weighted by Crippen LogP contribution is -2.06. The van der Waals surface area contributed by atoms with E-state index in [-0.39, 0.29) is 24.6 Å². The summed E-state index contributed by atoms with van der Waals surface area (Å²) in [6, 6.07) is 0. The standard InChI is InChI=1S/C6H13O2P.4H3N.3HO2P/c7-9(8)5-3-1-2-4-6-9;;;;;3*1-3-2/h1-6H2,(H,7,8);4*1H3;3*(H,1,2). The molecule has 1 aliphatic rings. The van der Waals surface area contributed by atoms with Gasteiger partial charge in [0.05, 0.1) is 26.1 Å². The van der Waals surface area contributed by atoms with Gasteiger partial charge in [-0.2, -0.15) is 0 Å². The highest BCUT2D eigenvalue weighted by molar-refractivity contribution is 7.56. The highest BCUT2D eigenvalue weighted by atomic mass is 31.2. The predicted octanol–water partition coefficient (Wildman–Crippen LogP) is 1.36. The highest BCUT2D eigenvalue weighted by Gasteiger charge is 2.10. The van der Waals surface area contributed by atoms with Crippen molar-refractivity contribution >= 4 is 33.4 Å². The molecule has 1 heterocycles. The zero-order valence-electron chi connectivity index (χ0n) is 13.3. The molecule has 0 aromatic rings. The Labute approximate surface area is 134 Å². The minimum atomic E-state index is -2.88. The summed E-state index contributed by atoms with van der Waals surface area (Å²) in [6.45, 7) is 0. The van der Waals surface area contributed by atoms with E-state index in [4.69, 9.17) is 28.4 Å². The summed E-state index contributed by atoms with van der Waals surface area (Å²) >= 11 is 0. The van der Waals surface area contributed by atoms with E-state index >= 15 is 0 Å². The monoisotopic (exact) mass is 408 g/mol. The Morgan fingerprint density at radius 3 is 1.00 bits per heavy atom.